The van der Waals surface area contributed by atoms with E-state index in [4.69, 9.17) is 4.74 Å². The molecule has 138 valence electrons. The van der Waals surface area contributed by atoms with Gasteiger partial charge in [-0.05, 0) is 18.1 Å². The van der Waals surface area contributed by atoms with E-state index >= 15 is 0 Å². The van der Waals surface area contributed by atoms with Gasteiger partial charge in [-0.3, -0.25) is 4.79 Å². The Hall–Kier alpha value is -2.67. The molecule has 0 atom stereocenters. The molecule has 0 aliphatic carbocycles. The fourth-order valence-electron chi connectivity index (χ4n) is 2.73. The third-order valence-electron chi connectivity index (χ3n) is 4.09. The van der Waals surface area contributed by atoms with Crippen molar-refractivity contribution in [2.75, 3.05) is 43.1 Å². The molecule has 2 aromatic rings. The van der Waals surface area contributed by atoms with Crippen LogP contribution in [0.4, 0.5) is 17.2 Å². The molecule has 1 aromatic heterocycles. The van der Waals surface area contributed by atoms with Crippen molar-refractivity contribution in [2.24, 2.45) is 5.92 Å². The average Bonchev–Trinajstić information content (AvgIpc) is 2.67. The van der Waals surface area contributed by atoms with Gasteiger partial charge < -0.3 is 20.3 Å². The summed E-state index contributed by atoms with van der Waals surface area (Å²) < 4.78 is 5.43. The lowest BCUT2D eigenvalue weighted by Gasteiger charge is -2.30. The second-order valence-electron chi connectivity index (χ2n) is 6.63. The van der Waals surface area contributed by atoms with E-state index in [1.165, 1.54) is 6.33 Å². The first-order valence-electron chi connectivity index (χ1n) is 8.92. The van der Waals surface area contributed by atoms with Gasteiger partial charge in [-0.2, -0.15) is 0 Å². The smallest absolute Gasteiger partial charge is 0.270 e. The Kier molecular flexibility index (Phi) is 6.01. The van der Waals surface area contributed by atoms with Gasteiger partial charge in [0.1, 0.15) is 17.8 Å². The molecule has 0 bridgehead atoms. The summed E-state index contributed by atoms with van der Waals surface area (Å²) in [5, 5.41) is 6.19. The van der Waals surface area contributed by atoms with Crippen molar-refractivity contribution < 1.29 is 9.53 Å². The van der Waals surface area contributed by atoms with Crippen LogP contribution in [-0.2, 0) is 4.74 Å². The zero-order valence-electron chi connectivity index (χ0n) is 15.2. The van der Waals surface area contributed by atoms with Gasteiger partial charge in [0.2, 0.25) is 0 Å². The highest BCUT2D eigenvalue weighted by atomic mass is 16.5. The highest BCUT2D eigenvalue weighted by Crippen LogP contribution is 2.28. The van der Waals surface area contributed by atoms with Crippen molar-refractivity contribution in [3.63, 3.8) is 0 Å². The van der Waals surface area contributed by atoms with E-state index in [9.17, 15) is 4.79 Å². The van der Waals surface area contributed by atoms with Crippen LogP contribution in [0.5, 0.6) is 0 Å². The molecule has 0 radical (unpaired) electrons. The number of carbonyl (C=O) groups is 1. The minimum Gasteiger partial charge on any atom is -0.378 e. The summed E-state index contributed by atoms with van der Waals surface area (Å²) in [6.45, 7) is 7.87. The Balaban J connectivity index is 1.75. The number of ether oxygens (including phenoxy) is 1. The van der Waals surface area contributed by atoms with Crippen LogP contribution in [0, 0.1) is 5.92 Å². The van der Waals surface area contributed by atoms with Crippen LogP contribution in [0.15, 0.2) is 36.7 Å². The maximum absolute atomic E-state index is 12.2. The van der Waals surface area contributed by atoms with Gasteiger partial charge >= 0.3 is 0 Å². The lowest BCUT2D eigenvalue weighted by atomic mass is 10.2. The summed E-state index contributed by atoms with van der Waals surface area (Å²) in [5.41, 5.74) is 2.40. The van der Waals surface area contributed by atoms with Crippen LogP contribution in [-0.4, -0.2) is 48.7 Å². The number of amides is 1. The van der Waals surface area contributed by atoms with Crippen molar-refractivity contribution in [3.8, 4) is 0 Å². The van der Waals surface area contributed by atoms with Crippen LogP contribution in [0.25, 0.3) is 0 Å². The molecule has 0 unspecified atom stereocenters. The molecule has 3 rings (SSSR count). The van der Waals surface area contributed by atoms with Gasteiger partial charge in [0.25, 0.3) is 5.91 Å². The molecule has 7 nitrogen and oxygen atoms in total. The van der Waals surface area contributed by atoms with E-state index in [1.54, 1.807) is 6.07 Å². The monoisotopic (exact) mass is 355 g/mol. The van der Waals surface area contributed by atoms with Crippen LogP contribution < -0.4 is 15.5 Å². The predicted molar refractivity (Wildman–Crippen MR) is 102 cm³/mol. The standard InChI is InChI=1S/C19H25N5O2/c1-14(2)12-20-19(25)16-11-18(22-13-21-16)23-15-5-3-4-6-17(15)24-7-9-26-10-8-24/h3-6,11,13-14H,7-10,12H2,1-2H3,(H,20,25)(H,21,22,23). The lowest BCUT2D eigenvalue weighted by molar-refractivity contribution is 0.0944. The molecule has 2 heterocycles. The molecule has 26 heavy (non-hydrogen) atoms. The Morgan fingerprint density at radius 1 is 1.23 bits per heavy atom. The van der Waals surface area contributed by atoms with Crippen LogP contribution in [0.2, 0.25) is 0 Å². The summed E-state index contributed by atoms with van der Waals surface area (Å²) in [7, 11) is 0. The number of para-hydroxylation sites is 2. The number of nitrogens with one attached hydrogen (secondary N) is 2. The zero-order valence-corrected chi connectivity index (χ0v) is 15.2. The third kappa shape index (κ3) is 4.70. The number of anilines is 3. The first-order chi connectivity index (χ1) is 12.6. The number of carbonyl (C=O) groups excluding carboxylic acids is 1. The van der Waals surface area contributed by atoms with Crippen molar-refractivity contribution in [2.45, 2.75) is 13.8 Å². The molecule has 1 amide bonds. The molecule has 1 aliphatic rings. The normalized spacial score (nSPS) is 14.3. The highest BCUT2D eigenvalue weighted by Gasteiger charge is 2.15. The molecule has 7 heteroatoms. The summed E-state index contributed by atoms with van der Waals surface area (Å²) in [6.07, 6.45) is 1.41. The minimum atomic E-state index is -0.189. The SMILES string of the molecule is CC(C)CNC(=O)c1cc(Nc2ccccc2N2CCOCC2)ncn1. The van der Waals surface area contributed by atoms with E-state index < -0.39 is 0 Å². The summed E-state index contributed by atoms with van der Waals surface area (Å²) in [5.74, 6) is 0.791. The Bertz CT molecular complexity index is 744. The van der Waals surface area contributed by atoms with Crippen LogP contribution >= 0.6 is 0 Å². The molecular weight excluding hydrogens is 330 g/mol. The van der Waals surface area contributed by atoms with Gasteiger partial charge in [0, 0.05) is 25.7 Å². The number of benzene rings is 1. The van der Waals surface area contributed by atoms with Gasteiger partial charge in [0.15, 0.2) is 0 Å². The quantitative estimate of drug-likeness (QED) is 0.829. The second-order valence-corrected chi connectivity index (χ2v) is 6.63. The van der Waals surface area contributed by atoms with Gasteiger partial charge in [0.05, 0.1) is 24.6 Å². The number of nitrogens with zero attached hydrogens (tertiary/aromatic N) is 3. The first kappa shape index (κ1) is 18.1. The van der Waals surface area contributed by atoms with E-state index in [0.717, 1.165) is 37.7 Å². The molecule has 0 saturated carbocycles. The molecular formula is C19H25N5O2. The predicted octanol–water partition coefficient (Wildman–Crippen LogP) is 2.44. The Morgan fingerprint density at radius 2 is 2.00 bits per heavy atom. The van der Waals surface area contributed by atoms with Crippen molar-refractivity contribution in [1.29, 1.82) is 0 Å². The van der Waals surface area contributed by atoms with E-state index in [2.05, 4.69) is 45.4 Å². The Morgan fingerprint density at radius 3 is 2.77 bits per heavy atom. The largest absolute Gasteiger partial charge is 0.378 e. The second kappa shape index (κ2) is 8.62. The van der Waals surface area contributed by atoms with Crippen LogP contribution in [0.3, 0.4) is 0 Å². The summed E-state index contributed by atoms with van der Waals surface area (Å²) in [4.78, 5) is 22.8. The van der Waals surface area contributed by atoms with E-state index in [1.807, 2.05) is 18.2 Å². The van der Waals surface area contributed by atoms with Gasteiger partial charge in [-0.25, -0.2) is 9.97 Å². The number of rotatable bonds is 6. The molecule has 1 aliphatic heterocycles. The number of hydrogen-bond acceptors (Lipinski definition) is 6. The lowest BCUT2D eigenvalue weighted by Crippen LogP contribution is -2.36. The maximum Gasteiger partial charge on any atom is 0.270 e. The fourth-order valence-corrected chi connectivity index (χ4v) is 2.73. The van der Waals surface area contributed by atoms with Crippen molar-refractivity contribution in [1.82, 2.24) is 15.3 Å². The van der Waals surface area contributed by atoms with Gasteiger partial charge in [-0.15, -0.1) is 0 Å². The molecule has 2 N–H and O–H groups in total. The molecule has 1 fully saturated rings. The van der Waals surface area contributed by atoms with Crippen molar-refractivity contribution in [3.05, 3.63) is 42.4 Å². The van der Waals surface area contributed by atoms with Crippen LogP contribution in [0.1, 0.15) is 24.3 Å². The minimum absolute atomic E-state index is 0.189. The van der Waals surface area contributed by atoms with Crippen molar-refractivity contribution >= 4 is 23.1 Å². The first-order valence-corrected chi connectivity index (χ1v) is 8.92. The maximum atomic E-state index is 12.2. The topological polar surface area (TPSA) is 79.4 Å². The highest BCUT2D eigenvalue weighted by molar-refractivity contribution is 5.93. The number of morpholine rings is 1. The zero-order chi connectivity index (χ0) is 18.4. The fraction of sp³-hybridized carbons (Fsp3) is 0.421. The van der Waals surface area contributed by atoms with E-state index in [-0.39, 0.29) is 5.91 Å². The van der Waals surface area contributed by atoms with E-state index in [0.29, 0.717) is 24.0 Å². The molecule has 1 aromatic carbocycles. The summed E-state index contributed by atoms with van der Waals surface area (Å²) >= 11 is 0. The third-order valence-corrected chi connectivity index (χ3v) is 4.09. The summed E-state index contributed by atoms with van der Waals surface area (Å²) in [6, 6.07) is 9.74. The molecule has 1 saturated heterocycles. The van der Waals surface area contributed by atoms with Gasteiger partial charge in [-0.1, -0.05) is 26.0 Å². The number of aromatic nitrogens is 2. The average molecular weight is 355 g/mol. The molecule has 0 spiro atoms. The number of hydrogen-bond donors (Lipinski definition) is 2. The Labute approximate surface area is 153 Å².